The molecule has 0 aliphatic rings. The molecule has 0 fully saturated rings. The van der Waals surface area contributed by atoms with Gasteiger partial charge < -0.3 is 9.47 Å². The van der Waals surface area contributed by atoms with E-state index in [1.54, 1.807) is 0 Å². The van der Waals surface area contributed by atoms with Crippen molar-refractivity contribution >= 4 is 0 Å². The lowest BCUT2D eigenvalue weighted by Gasteiger charge is -2.06. The van der Waals surface area contributed by atoms with Crippen LogP contribution in [0.1, 0.15) is 13.8 Å². The quantitative estimate of drug-likeness (QED) is 0.439. The minimum atomic E-state index is 0.252. The average Bonchev–Trinajstić information content (AvgIpc) is 1.80. The average molecular weight is 133 g/mol. The number of rotatable bonds is 5. The maximum absolute atomic E-state index is 5.08. The van der Waals surface area contributed by atoms with Gasteiger partial charge in [0.05, 0.1) is 12.8 Å². The number of hydrogen-bond donors (Lipinski definition) is 1. The Hall–Kier alpha value is -0.120. The van der Waals surface area contributed by atoms with Crippen LogP contribution < -0.4 is 5.32 Å². The van der Waals surface area contributed by atoms with Crippen molar-refractivity contribution in [3.05, 3.63) is 0 Å². The molecule has 0 heterocycles. The molecule has 9 heavy (non-hydrogen) atoms. The number of hydrogen-bond acceptors (Lipinski definition) is 3. The first-order chi connectivity index (χ1) is 4.27. The summed E-state index contributed by atoms with van der Waals surface area (Å²) in [6, 6.07) is 0. The van der Waals surface area contributed by atoms with Crippen LogP contribution in [0.5, 0.6) is 0 Å². The largest absolute Gasteiger partial charge is 0.353 e. The van der Waals surface area contributed by atoms with Gasteiger partial charge in [-0.3, -0.25) is 5.32 Å². The Morgan fingerprint density at radius 3 is 2.56 bits per heavy atom. The Kier molecular flexibility index (Phi) is 5.93. The van der Waals surface area contributed by atoms with Gasteiger partial charge in [0, 0.05) is 0 Å². The molecule has 1 N–H and O–H groups in total. The molecule has 56 valence electrons. The monoisotopic (exact) mass is 133 g/mol. The highest BCUT2D eigenvalue weighted by Gasteiger charge is 1.89. The van der Waals surface area contributed by atoms with E-state index >= 15 is 0 Å². The van der Waals surface area contributed by atoms with Gasteiger partial charge in [-0.05, 0) is 20.9 Å². The molecule has 3 nitrogen and oxygen atoms in total. The lowest BCUT2D eigenvalue weighted by Crippen LogP contribution is -2.15. The maximum Gasteiger partial charge on any atom is 0.148 e. The van der Waals surface area contributed by atoms with Crippen molar-refractivity contribution in [2.75, 3.05) is 20.6 Å². The first-order valence-electron chi connectivity index (χ1n) is 3.11. The van der Waals surface area contributed by atoms with Crippen LogP contribution in [0.4, 0.5) is 0 Å². The summed E-state index contributed by atoms with van der Waals surface area (Å²) in [4.78, 5) is 0. The molecule has 0 bridgehead atoms. The molecule has 3 heteroatoms. The summed E-state index contributed by atoms with van der Waals surface area (Å²) in [5.74, 6) is 0. The fourth-order valence-corrected chi connectivity index (χ4v) is 0.328. The molecule has 0 aliphatic carbocycles. The van der Waals surface area contributed by atoms with E-state index in [-0.39, 0.29) is 6.10 Å². The third-order valence-corrected chi connectivity index (χ3v) is 0.731. The van der Waals surface area contributed by atoms with Gasteiger partial charge in [0.1, 0.15) is 6.79 Å². The van der Waals surface area contributed by atoms with Gasteiger partial charge >= 0.3 is 0 Å². The molecule has 0 saturated heterocycles. The SMILES string of the molecule is CNCOCOC(C)C. The minimum Gasteiger partial charge on any atom is -0.353 e. The van der Waals surface area contributed by atoms with Gasteiger partial charge in [-0.2, -0.15) is 0 Å². The lowest BCUT2D eigenvalue weighted by atomic mass is 10.5. The summed E-state index contributed by atoms with van der Waals surface area (Å²) in [7, 11) is 1.83. The molecule has 0 unspecified atom stereocenters. The first kappa shape index (κ1) is 8.88. The van der Waals surface area contributed by atoms with Crippen LogP contribution >= 0.6 is 0 Å². The predicted molar refractivity (Wildman–Crippen MR) is 36.1 cm³/mol. The van der Waals surface area contributed by atoms with E-state index in [0.29, 0.717) is 13.5 Å². The zero-order chi connectivity index (χ0) is 7.11. The normalized spacial score (nSPS) is 10.7. The molecule has 0 amide bonds. The smallest absolute Gasteiger partial charge is 0.148 e. The third kappa shape index (κ3) is 7.88. The fraction of sp³-hybridized carbons (Fsp3) is 1.00. The molecule has 0 radical (unpaired) electrons. The van der Waals surface area contributed by atoms with Crippen LogP contribution in [-0.2, 0) is 9.47 Å². The van der Waals surface area contributed by atoms with Gasteiger partial charge in [0.15, 0.2) is 0 Å². The minimum absolute atomic E-state index is 0.252. The Morgan fingerprint density at radius 1 is 1.44 bits per heavy atom. The number of nitrogens with one attached hydrogen (secondary N) is 1. The first-order valence-corrected chi connectivity index (χ1v) is 3.11. The van der Waals surface area contributed by atoms with Crippen molar-refractivity contribution in [3.8, 4) is 0 Å². The van der Waals surface area contributed by atoms with Crippen LogP contribution in [0.25, 0.3) is 0 Å². The maximum atomic E-state index is 5.08. The summed E-state index contributed by atoms with van der Waals surface area (Å²) in [5.41, 5.74) is 0. The predicted octanol–water partition coefficient (Wildman–Crippen LogP) is 0.562. The standard InChI is InChI=1S/C6H15NO2/c1-6(2)9-5-8-4-7-3/h6-7H,4-5H2,1-3H3. The van der Waals surface area contributed by atoms with Crippen molar-refractivity contribution in [1.82, 2.24) is 5.32 Å². The molecule has 0 atom stereocenters. The highest BCUT2D eigenvalue weighted by molar-refractivity contribution is 4.30. The molecule has 0 aromatic carbocycles. The van der Waals surface area contributed by atoms with Crippen molar-refractivity contribution in [1.29, 1.82) is 0 Å². The zero-order valence-electron chi connectivity index (χ0n) is 6.31. The fourth-order valence-electron chi connectivity index (χ4n) is 0.328. The van der Waals surface area contributed by atoms with Crippen LogP contribution in [0.15, 0.2) is 0 Å². The second-order valence-corrected chi connectivity index (χ2v) is 2.04. The summed E-state index contributed by atoms with van der Waals surface area (Å²) >= 11 is 0. The molecule has 0 aromatic rings. The van der Waals surface area contributed by atoms with E-state index in [9.17, 15) is 0 Å². The number of ether oxygens (including phenoxy) is 2. The van der Waals surface area contributed by atoms with Crippen molar-refractivity contribution in [3.63, 3.8) is 0 Å². The van der Waals surface area contributed by atoms with Crippen molar-refractivity contribution in [2.24, 2.45) is 0 Å². The second-order valence-electron chi connectivity index (χ2n) is 2.04. The van der Waals surface area contributed by atoms with Crippen molar-refractivity contribution in [2.45, 2.75) is 20.0 Å². The zero-order valence-corrected chi connectivity index (χ0v) is 6.31. The van der Waals surface area contributed by atoms with Crippen LogP contribution in [0, 0.1) is 0 Å². The summed E-state index contributed by atoms with van der Waals surface area (Å²) in [5, 5.41) is 2.84. The van der Waals surface area contributed by atoms with Gasteiger partial charge in [0.25, 0.3) is 0 Å². The topological polar surface area (TPSA) is 30.5 Å². The van der Waals surface area contributed by atoms with Crippen molar-refractivity contribution < 1.29 is 9.47 Å². The molecular formula is C6H15NO2. The molecule has 0 spiro atoms. The third-order valence-electron chi connectivity index (χ3n) is 0.731. The van der Waals surface area contributed by atoms with E-state index in [0.717, 1.165) is 0 Å². The van der Waals surface area contributed by atoms with Gasteiger partial charge in [-0.1, -0.05) is 0 Å². The van der Waals surface area contributed by atoms with Gasteiger partial charge in [-0.15, -0.1) is 0 Å². The Labute approximate surface area is 56.3 Å². The summed E-state index contributed by atoms with van der Waals surface area (Å²) in [6.45, 7) is 4.87. The van der Waals surface area contributed by atoms with E-state index in [4.69, 9.17) is 9.47 Å². The van der Waals surface area contributed by atoms with Gasteiger partial charge in [-0.25, -0.2) is 0 Å². The van der Waals surface area contributed by atoms with Crippen LogP contribution in [0.3, 0.4) is 0 Å². The van der Waals surface area contributed by atoms with Gasteiger partial charge in [0.2, 0.25) is 0 Å². The highest BCUT2D eigenvalue weighted by atomic mass is 16.7. The summed E-state index contributed by atoms with van der Waals surface area (Å²) < 4.78 is 10.0. The Bertz CT molecular complexity index is 57.0. The molecule has 0 aliphatic heterocycles. The van der Waals surface area contributed by atoms with E-state index < -0.39 is 0 Å². The molecular weight excluding hydrogens is 118 g/mol. The Morgan fingerprint density at radius 2 is 2.11 bits per heavy atom. The van der Waals surface area contributed by atoms with Crippen LogP contribution in [-0.4, -0.2) is 26.7 Å². The Balaban J connectivity index is 2.75. The molecule has 0 rings (SSSR count). The van der Waals surface area contributed by atoms with Crippen LogP contribution in [0.2, 0.25) is 0 Å². The highest BCUT2D eigenvalue weighted by Crippen LogP contribution is 1.85. The van der Waals surface area contributed by atoms with E-state index in [1.165, 1.54) is 0 Å². The van der Waals surface area contributed by atoms with E-state index in [2.05, 4.69) is 5.32 Å². The second kappa shape index (κ2) is 6.01. The summed E-state index contributed by atoms with van der Waals surface area (Å²) in [6.07, 6.45) is 0.252. The molecule has 0 saturated carbocycles. The molecule has 0 aromatic heterocycles. The lowest BCUT2D eigenvalue weighted by molar-refractivity contribution is -0.0819. The van der Waals surface area contributed by atoms with E-state index in [1.807, 2.05) is 20.9 Å².